The number of halogens is 3. The van der Waals surface area contributed by atoms with Crippen LogP contribution in [-0.4, -0.2) is 24.0 Å². The van der Waals surface area contributed by atoms with Gasteiger partial charge in [0.25, 0.3) is 0 Å². The molecule has 24 heavy (non-hydrogen) atoms. The molecule has 1 amide bonds. The van der Waals surface area contributed by atoms with Crippen LogP contribution in [0, 0.1) is 6.92 Å². The first-order valence-corrected chi connectivity index (χ1v) is 9.88. The van der Waals surface area contributed by atoms with Crippen molar-refractivity contribution in [3.63, 3.8) is 0 Å². The van der Waals surface area contributed by atoms with E-state index in [2.05, 4.69) is 21.2 Å². The van der Waals surface area contributed by atoms with Crippen molar-refractivity contribution in [2.45, 2.75) is 6.92 Å². The number of carbonyl (C=O) groups is 1. The Morgan fingerprint density at radius 2 is 1.92 bits per heavy atom. The Labute approximate surface area is 164 Å². The summed E-state index contributed by atoms with van der Waals surface area (Å²) >= 11 is 17.1. The normalized spacial score (nSPS) is 10.5. The Bertz CT molecular complexity index is 710. The number of amides is 1. The second kappa shape index (κ2) is 9.56. The number of ether oxygens (including phenoxy) is 1. The molecule has 0 radical (unpaired) electrons. The number of aryl methyl sites for hydroxylation is 1. The molecule has 0 unspecified atom stereocenters. The van der Waals surface area contributed by atoms with Gasteiger partial charge in [0.15, 0.2) is 0 Å². The van der Waals surface area contributed by atoms with E-state index in [0.29, 0.717) is 33.8 Å². The number of thioether (sulfide) groups is 1. The van der Waals surface area contributed by atoms with Gasteiger partial charge in [-0.1, -0.05) is 45.2 Å². The molecule has 0 aliphatic carbocycles. The molecule has 2 aromatic carbocycles. The summed E-state index contributed by atoms with van der Waals surface area (Å²) in [6.07, 6.45) is 0. The summed E-state index contributed by atoms with van der Waals surface area (Å²) in [5, 5.41) is 3.67. The molecule has 0 aliphatic heterocycles. The monoisotopic (exact) mass is 447 g/mol. The van der Waals surface area contributed by atoms with Crippen LogP contribution in [0.25, 0.3) is 0 Å². The van der Waals surface area contributed by atoms with Crippen molar-refractivity contribution < 1.29 is 9.53 Å². The van der Waals surface area contributed by atoms with E-state index in [-0.39, 0.29) is 5.91 Å². The van der Waals surface area contributed by atoms with E-state index >= 15 is 0 Å². The number of anilines is 1. The van der Waals surface area contributed by atoms with Crippen LogP contribution in [0.4, 0.5) is 5.69 Å². The highest BCUT2D eigenvalue weighted by Gasteiger charge is 2.11. The number of nitrogens with one attached hydrogen (secondary N) is 1. The molecule has 0 spiro atoms. The minimum absolute atomic E-state index is 0.141. The van der Waals surface area contributed by atoms with Crippen LogP contribution < -0.4 is 10.1 Å². The standard InChI is InChI=1S/C17H16BrCl2NO2S/c1-11-2-7-14(19)17(16(11)20)21-15(22)10-24-9-8-23-13-5-3-12(18)4-6-13/h2-7H,8-10H2,1H3,(H,21,22). The molecule has 1 N–H and O–H groups in total. The Kier molecular flexibility index (Phi) is 7.75. The molecule has 0 saturated heterocycles. The molecule has 3 nitrogen and oxygen atoms in total. The summed E-state index contributed by atoms with van der Waals surface area (Å²) in [6, 6.07) is 11.2. The Hall–Kier alpha value is -0.880. The van der Waals surface area contributed by atoms with Crippen LogP contribution >= 0.6 is 50.9 Å². The summed E-state index contributed by atoms with van der Waals surface area (Å²) in [5.41, 5.74) is 1.34. The van der Waals surface area contributed by atoms with Crippen molar-refractivity contribution in [1.29, 1.82) is 0 Å². The predicted molar refractivity (Wildman–Crippen MR) is 107 cm³/mol. The van der Waals surface area contributed by atoms with Crippen molar-refractivity contribution in [3.8, 4) is 5.75 Å². The van der Waals surface area contributed by atoms with Gasteiger partial charge in [-0.15, -0.1) is 11.8 Å². The highest BCUT2D eigenvalue weighted by molar-refractivity contribution is 9.10. The van der Waals surface area contributed by atoms with Crippen LogP contribution in [0.1, 0.15) is 5.56 Å². The number of hydrogen-bond acceptors (Lipinski definition) is 3. The first-order chi connectivity index (χ1) is 11.5. The lowest BCUT2D eigenvalue weighted by Crippen LogP contribution is -2.16. The van der Waals surface area contributed by atoms with Crippen LogP contribution in [0.3, 0.4) is 0 Å². The molecule has 128 valence electrons. The average molecular weight is 449 g/mol. The zero-order valence-electron chi connectivity index (χ0n) is 12.9. The fourth-order valence-corrected chi connectivity index (χ4v) is 3.19. The summed E-state index contributed by atoms with van der Waals surface area (Å²) in [5.74, 6) is 1.68. The highest BCUT2D eigenvalue weighted by Crippen LogP contribution is 2.32. The molecular weight excluding hydrogens is 433 g/mol. The van der Waals surface area contributed by atoms with Gasteiger partial charge in [0, 0.05) is 10.2 Å². The topological polar surface area (TPSA) is 38.3 Å². The molecule has 2 rings (SSSR count). The molecule has 0 aliphatic rings. The maximum Gasteiger partial charge on any atom is 0.234 e. The fraction of sp³-hybridized carbons (Fsp3) is 0.235. The van der Waals surface area contributed by atoms with Gasteiger partial charge in [-0.2, -0.15) is 0 Å². The van der Waals surface area contributed by atoms with Crippen molar-refractivity contribution in [3.05, 3.63) is 56.5 Å². The van der Waals surface area contributed by atoms with Gasteiger partial charge >= 0.3 is 0 Å². The van der Waals surface area contributed by atoms with Crippen molar-refractivity contribution in [1.82, 2.24) is 0 Å². The first kappa shape index (κ1) is 19.4. The third-order valence-electron chi connectivity index (χ3n) is 3.09. The first-order valence-electron chi connectivity index (χ1n) is 7.18. The highest BCUT2D eigenvalue weighted by atomic mass is 79.9. The minimum Gasteiger partial charge on any atom is -0.493 e. The van der Waals surface area contributed by atoms with E-state index in [9.17, 15) is 4.79 Å². The van der Waals surface area contributed by atoms with Crippen LogP contribution in [0.2, 0.25) is 10.0 Å². The Morgan fingerprint density at radius 1 is 1.21 bits per heavy atom. The molecule has 0 atom stereocenters. The maximum absolute atomic E-state index is 12.0. The van der Waals surface area contributed by atoms with E-state index in [1.807, 2.05) is 37.3 Å². The fourth-order valence-electron chi connectivity index (χ4n) is 1.86. The quantitative estimate of drug-likeness (QED) is 0.542. The van der Waals surface area contributed by atoms with Gasteiger partial charge in [0.2, 0.25) is 5.91 Å². The van der Waals surface area contributed by atoms with Gasteiger partial charge in [0.1, 0.15) is 5.75 Å². The lowest BCUT2D eigenvalue weighted by molar-refractivity contribution is -0.113. The lowest BCUT2D eigenvalue weighted by atomic mass is 10.2. The van der Waals surface area contributed by atoms with Gasteiger partial charge in [-0.3, -0.25) is 4.79 Å². The van der Waals surface area contributed by atoms with Crippen molar-refractivity contribution >= 4 is 62.5 Å². The van der Waals surface area contributed by atoms with E-state index < -0.39 is 0 Å². The van der Waals surface area contributed by atoms with Crippen LogP contribution in [0.5, 0.6) is 5.75 Å². The van der Waals surface area contributed by atoms with Crippen molar-refractivity contribution in [2.24, 2.45) is 0 Å². The maximum atomic E-state index is 12.0. The van der Waals surface area contributed by atoms with E-state index in [0.717, 1.165) is 15.8 Å². The van der Waals surface area contributed by atoms with Crippen LogP contribution in [0.15, 0.2) is 40.9 Å². The number of benzene rings is 2. The molecule has 0 aromatic heterocycles. The molecule has 0 bridgehead atoms. The summed E-state index contributed by atoms with van der Waals surface area (Å²) < 4.78 is 6.61. The molecule has 2 aromatic rings. The summed E-state index contributed by atoms with van der Waals surface area (Å²) in [4.78, 5) is 12.0. The number of carbonyl (C=O) groups excluding carboxylic acids is 1. The third kappa shape index (κ3) is 5.88. The van der Waals surface area contributed by atoms with E-state index in [1.165, 1.54) is 11.8 Å². The molecule has 0 saturated carbocycles. The lowest BCUT2D eigenvalue weighted by Gasteiger charge is -2.11. The Morgan fingerprint density at radius 3 is 2.62 bits per heavy atom. The van der Waals surface area contributed by atoms with Gasteiger partial charge < -0.3 is 10.1 Å². The van der Waals surface area contributed by atoms with Crippen molar-refractivity contribution in [2.75, 3.05) is 23.4 Å². The zero-order valence-corrected chi connectivity index (χ0v) is 16.9. The third-order valence-corrected chi connectivity index (χ3v) is 5.34. The average Bonchev–Trinajstić information content (AvgIpc) is 2.56. The number of hydrogen-bond donors (Lipinski definition) is 1. The minimum atomic E-state index is -0.141. The molecular formula is C17H16BrCl2NO2S. The summed E-state index contributed by atoms with van der Waals surface area (Å²) in [7, 11) is 0. The van der Waals surface area contributed by atoms with Gasteiger partial charge in [0.05, 0.1) is 28.1 Å². The second-order valence-electron chi connectivity index (χ2n) is 4.96. The van der Waals surface area contributed by atoms with E-state index in [1.54, 1.807) is 6.07 Å². The summed E-state index contributed by atoms with van der Waals surface area (Å²) in [6.45, 7) is 2.40. The molecule has 0 fully saturated rings. The largest absolute Gasteiger partial charge is 0.493 e. The molecule has 0 heterocycles. The second-order valence-corrected chi connectivity index (χ2v) is 7.76. The predicted octanol–water partition coefficient (Wildman–Crippen LogP) is 5.82. The smallest absolute Gasteiger partial charge is 0.234 e. The number of rotatable bonds is 7. The van der Waals surface area contributed by atoms with Gasteiger partial charge in [-0.05, 0) is 42.8 Å². The van der Waals surface area contributed by atoms with Gasteiger partial charge in [-0.25, -0.2) is 0 Å². The SMILES string of the molecule is Cc1ccc(Cl)c(NC(=O)CSCCOc2ccc(Br)cc2)c1Cl. The Balaban J connectivity index is 1.72. The molecule has 7 heteroatoms. The van der Waals surface area contributed by atoms with Crippen LogP contribution in [-0.2, 0) is 4.79 Å². The van der Waals surface area contributed by atoms with E-state index in [4.69, 9.17) is 27.9 Å². The zero-order chi connectivity index (χ0) is 17.5.